The summed E-state index contributed by atoms with van der Waals surface area (Å²) < 4.78 is 0. The zero-order valence-electron chi connectivity index (χ0n) is 17.8. The molecule has 0 rings (SSSR count). The van der Waals surface area contributed by atoms with E-state index in [1.165, 1.54) is 57.8 Å². The van der Waals surface area contributed by atoms with Crippen LogP contribution in [0.5, 0.6) is 0 Å². The molecule has 5 nitrogen and oxygen atoms in total. The average Bonchev–Trinajstić information content (AvgIpc) is 2.53. The first-order valence-corrected chi connectivity index (χ1v) is 10.5. The van der Waals surface area contributed by atoms with Gasteiger partial charge in [-0.05, 0) is 41.0 Å². The van der Waals surface area contributed by atoms with Gasteiger partial charge in [0.1, 0.15) is 5.78 Å². The number of carbonyl (C=O) groups excluding carboxylic acids is 2. The largest absolute Gasteiger partial charge is 0.355 e. The molecule has 0 aliphatic carbocycles. The molecule has 0 bridgehead atoms. The quantitative estimate of drug-likeness (QED) is 0.376. The predicted molar refractivity (Wildman–Crippen MR) is 111 cm³/mol. The van der Waals surface area contributed by atoms with Crippen LogP contribution in [0, 0.1) is 0 Å². The van der Waals surface area contributed by atoms with E-state index < -0.39 is 0 Å². The van der Waals surface area contributed by atoms with Crippen LogP contribution < -0.4 is 5.32 Å². The first-order chi connectivity index (χ1) is 12.4. The van der Waals surface area contributed by atoms with Crippen molar-refractivity contribution in [3.05, 3.63) is 0 Å². The number of nitrogens with zero attached hydrogens (tertiary/aromatic N) is 2. The maximum absolute atomic E-state index is 11.6. The van der Waals surface area contributed by atoms with Crippen LogP contribution in [0.1, 0.15) is 77.0 Å². The Labute approximate surface area is 161 Å². The number of likely N-dealkylation sites (N-methyl/N-ethyl adjacent to an activating group) is 2. The smallest absolute Gasteiger partial charge is 0.234 e. The van der Waals surface area contributed by atoms with E-state index in [1.807, 2.05) is 38.0 Å². The number of amides is 1. The third-order valence-electron chi connectivity index (χ3n) is 4.41. The SMILES string of the molecule is CN(C)CC(=O)CCCCCCCCCCCCCNC(=O)CN(C)C. The third kappa shape index (κ3) is 19.4. The number of hydrogen-bond acceptors (Lipinski definition) is 4. The normalized spacial score (nSPS) is 11.3. The second-order valence-corrected chi connectivity index (χ2v) is 8.00. The van der Waals surface area contributed by atoms with Crippen molar-refractivity contribution in [2.45, 2.75) is 77.0 Å². The fourth-order valence-corrected chi connectivity index (χ4v) is 3.04. The van der Waals surface area contributed by atoms with Crippen molar-refractivity contribution in [1.82, 2.24) is 15.1 Å². The standard InChI is InChI=1S/C21H43N3O2/c1-23(2)18-20(25)16-14-12-10-8-6-5-7-9-11-13-15-17-22-21(26)19-24(3)4/h5-19H2,1-4H3,(H,22,26). The highest BCUT2D eigenvalue weighted by atomic mass is 16.2. The van der Waals surface area contributed by atoms with E-state index in [-0.39, 0.29) is 5.91 Å². The van der Waals surface area contributed by atoms with E-state index in [4.69, 9.17) is 0 Å². The van der Waals surface area contributed by atoms with Gasteiger partial charge in [0.15, 0.2) is 0 Å². The van der Waals surface area contributed by atoms with Crippen LogP contribution in [0.2, 0.25) is 0 Å². The zero-order valence-corrected chi connectivity index (χ0v) is 17.8. The van der Waals surface area contributed by atoms with E-state index in [0.29, 0.717) is 18.9 Å². The van der Waals surface area contributed by atoms with Crippen LogP contribution in [0.4, 0.5) is 0 Å². The van der Waals surface area contributed by atoms with Gasteiger partial charge in [-0.3, -0.25) is 9.59 Å². The van der Waals surface area contributed by atoms with Crippen molar-refractivity contribution in [2.24, 2.45) is 0 Å². The van der Waals surface area contributed by atoms with Crippen molar-refractivity contribution in [3.63, 3.8) is 0 Å². The minimum absolute atomic E-state index is 0.122. The van der Waals surface area contributed by atoms with Crippen LogP contribution >= 0.6 is 0 Å². The number of nitrogens with one attached hydrogen (secondary N) is 1. The second kappa shape index (κ2) is 17.5. The summed E-state index contributed by atoms with van der Waals surface area (Å²) in [5, 5.41) is 2.96. The predicted octanol–water partition coefficient (Wildman–Crippen LogP) is 3.48. The number of rotatable bonds is 18. The minimum Gasteiger partial charge on any atom is -0.355 e. The molecule has 0 atom stereocenters. The van der Waals surface area contributed by atoms with Gasteiger partial charge in [-0.2, -0.15) is 0 Å². The van der Waals surface area contributed by atoms with E-state index in [9.17, 15) is 9.59 Å². The van der Waals surface area contributed by atoms with Crippen LogP contribution in [0.25, 0.3) is 0 Å². The maximum atomic E-state index is 11.6. The molecule has 1 amide bonds. The molecular weight excluding hydrogens is 326 g/mol. The number of Topliss-reactive ketones (excluding diaryl/α,β-unsaturated/α-hetero) is 1. The number of hydrogen-bond donors (Lipinski definition) is 1. The van der Waals surface area contributed by atoms with Gasteiger partial charge in [-0.25, -0.2) is 0 Å². The number of carbonyl (C=O) groups is 2. The Balaban J connectivity index is 3.18. The van der Waals surface area contributed by atoms with Gasteiger partial charge in [0.25, 0.3) is 0 Å². The summed E-state index contributed by atoms with van der Waals surface area (Å²) in [5.41, 5.74) is 0. The Hall–Kier alpha value is -0.940. The van der Waals surface area contributed by atoms with Gasteiger partial charge >= 0.3 is 0 Å². The monoisotopic (exact) mass is 369 g/mol. The van der Waals surface area contributed by atoms with E-state index >= 15 is 0 Å². The van der Waals surface area contributed by atoms with Crippen LogP contribution in [-0.4, -0.2) is 69.3 Å². The van der Waals surface area contributed by atoms with Crippen molar-refractivity contribution in [3.8, 4) is 0 Å². The fourth-order valence-electron chi connectivity index (χ4n) is 3.04. The topological polar surface area (TPSA) is 52.7 Å². The van der Waals surface area contributed by atoms with Gasteiger partial charge in [0.05, 0.1) is 13.1 Å². The average molecular weight is 370 g/mol. The molecule has 0 saturated heterocycles. The molecule has 0 spiro atoms. The van der Waals surface area contributed by atoms with Gasteiger partial charge in [-0.1, -0.05) is 57.8 Å². The molecule has 0 heterocycles. The van der Waals surface area contributed by atoms with Crippen molar-refractivity contribution in [2.75, 3.05) is 47.8 Å². The maximum Gasteiger partial charge on any atom is 0.234 e. The van der Waals surface area contributed by atoms with Crippen molar-refractivity contribution in [1.29, 1.82) is 0 Å². The lowest BCUT2D eigenvalue weighted by Gasteiger charge is -2.09. The molecule has 0 aliphatic heterocycles. The van der Waals surface area contributed by atoms with Gasteiger partial charge < -0.3 is 15.1 Å². The Morgan fingerprint density at radius 2 is 1.04 bits per heavy atom. The minimum atomic E-state index is 0.122. The lowest BCUT2D eigenvalue weighted by Crippen LogP contribution is -2.33. The fraction of sp³-hybridized carbons (Fsp3) is 0.905. The molecule has 26 heavy (non-hydrogen) atoms. The summed E-state index contributed by atoms with van der Waals surface area (Å²) in [6.07, 6.45) is 14.4. The lowest BCUT2D eigenvalue weighted by atomic mass is 10.0. The molecule has 154 valence electrons. The Bertz CT molecular complexity index is 323. The molecular formula is C21H43N3O2. The summed E-state index contributed by atoms with van der Waals surface area (Å²) in [4.78, 5) is 26.9. The summed E-state index contributed by atoms with van der Waals surface area (Å²) in [6.45, 7) is 1.87. The van der Waals surface area contributed by atoms with Gasteiger partial charge in [-0.15, -0.1) is 0 Å². The molecule has 0 aromatic heterocycles. The van der Waals surface area contributed by atoms with E-state index in [2.05, 4.69) is 5.32 Å². The van der Waals surface area contributed by atoms with Crippen molar-refractivity contribution < 1.29 is 9.59 Å². The van der Waals surface area contributed by atoms with Crippen LogP contribution in [-0.2, 0) is 9.59 Å². The Kier molecular flexibility index (Phi) is 16.8. The molecule has 1 N–H and O–H groups in total. The number of unbranched alkanes of at least 4 members (excludes halogenated alkanes) is 10. The first-order valence-electron chi connectivity index (χ1n) is 10.5. The second-order valence-electron chi connectivity index (χ2n) is 8.00. The highest BCUT2D eigenvalue weighted by Gasteiger charge is 2.03. The molecule has 0 aromatic carbocycles. The summed E-state index contributed by atoms with van der Waals surface area (Å²) >= 11 is 0. The van der Waals surface area contributed by atoms with Crippen molar-refractivity contribution >= 4 is 11.7 Å². The molecule has 0 radical (unpaired) electrons. The van der Waals surface area contributed by atoms with Crippen LogP contribution in [0.15, 0.2) is 0 Å². The third-order valence-corrected chi connectivity index (χ3v) is 4.41. The Morgan fingerprint density at radius 3 is 1.50 bits per heavy atom. The van der Waals surface area contributed by atoms with E-state index in [0.717, 1.165) is 25.8 Å². The lowest BCUT2D eigenvalue weighted by molar-refractivity contribution is -0.122. The highest BCUT2D eigenvalue weighted by Crippen LogP contribution is 2.12. The summed E-state index contributed by atoms with van der Waals surface area (Å²) in [5.74, 6) is 0.490. The molecule has 0 saturated carbocycles. The first kappa shape index (κ1) is 25.1. The highest BCUT2D eigenvalue weighted by molar-refractivity contribution is 5.80. The van der Waals surface area contributed by atoms with Gasteiger partial charge in [0, 0.05) is 13.0 Å². The molecule has 0 fully saturated rings. The van der Waals surface area contributed by atoms with Gasteiger partial charge in [0.2, 0.25) is 5.91 Å². The van der Waals surface area contributed by atoms with Crippen LogP contribution in [0.3, 0.4) is 0 Å². The molecule has 0 unspecified atom stereocenters. The Morgan fingerprint density at radius 1 is 0.615 bits per heavy atom. The molecule has 0 aromatic rings. The molecule has 5 heteroatoms. The summed E-state index contributed by atoms with van der Waals surface area (Å²) in [6, 6.07) is 0. The summed E-state index contributed by atoms with van der Waals surface area (Å²) in [7, 11) is 7.71. The number of ketones is 1. The zero-order chi connectivity index (χ0) is 19.6. The molecule has 0 aliphatic rings. The van der Waals surface area contributed by atoms with E-state index in [1.54, 1.807) is 0 Å².